The quantitative estimate of drug-likeness (QED) is 0.331. The van der Waals surface area contributed by atoms with Gasteiger partial charge in [0.1, 0.15) is 23.2 Å². The molecule has 0 fully saturated rings. The average molecular weight is 468 g/mol. The molecule has 0 aliphatic rings. The molecule has 28 heavy (non-hydrogen) atoms. The Morgan fingerprint density at radius 1 is 1.29 bits per heavy atom. The van der Waals surface area contributed by atoms with Crippen LogP contribution in [0.2, 0.25) is 0 Å². The molecule has 1 heterocycles. The maximum Gasteiger partial charge on any atom is 0.262 e. The lowest BCUT2D eigenvalue weighted by atomic mass is 10.2. The second-order valence-corrected chi connectivity index (χ2v) is 8.18. The molecule has 0 aliphatic carbocycles. The number of methoxy groups -OCH3 is 1. The van der Waals surface area contributed by atoms with Crippen LogP contribution in [0.5, 0.6) is 0 Å². The molecule has 148 valence electrons. The van der Waals surface area contributed by atoms with Crippen LogP contribution < -0.4 is 10.0 Å². The third-order valence-electron chi connectivity index (χ3n) is 3.49. The largest absolute Gasteiger partial charge is 0.460 e. The molecular formula is C18H18BrN3O5S. The molecule has 2 rings (SSSR count). The van der Waals surface area contributed by atoms with Crippen LogP contribution in [0.3, 0.4) is 0 Å². The Labute approximate surface area is 171 Å². The van der Waals surface area contributed by atoms with Gasteiger partial charge in [0.05, 0.1) is 18.0 Å². The first kappa shape index (κ1) is 21.8. The molecule has 8 nitrogen and oxygen atoms in total. The number of nitrogens with one attached hydrogen (secondary N) is 2. The van der Waals surface area contributed by atoms with E-state index >= 15 is 0 Å². The van der Waals surface area contributed by atoms with E-state index in [0.29, 0.717) is 12.4 Å². The summed E-state index contributed by atoms with van der Waals surface area (Å²) in [5.74, 6) is 0.0498. The first-order chi connectivity index (χ1) is 13.4. The maximum atomic E-state index is 12.3. The van der Waals surface area contributed by atoms with Gasteiger partial charge in [-0.2, -0.15) is 5.26 Å². The van der Waals surface area contributed by atoms with Crippen molar-refractivity contribution in [1.29, 1.82) is 5.26 Å². The predicted octanol–water partition coefficient (Wildman–Crippen LogP) is 2.19. The Morgan fingerprint density at radius 3 is 2.64 bits per heavy atom. The van der Waals surface area contributed by atoms with E-state index in [1.165, 1.54) is 25.3 Å². The van der Waals surface area contributed by atoms with Crippen LogP contribution in [0.15, 0.2) is 55.8 Å². The third-order valence-corrected chi connectivity index (χ3v) is 5.43. The van der Waals surface area contributed by atoms with Crippen LogP contribution in [-0.2, 0) is 26.1 Å². The molecule has 0 bridgehead atoms. The average Bonchev–Trinajstić information content (AvgIpc) is 3.12. The number of furan rings is 1. The Morgan fingerprint density at radius 2 is 2.00 bits per heavy atom. The van der Waals surface area contributed by atoms with Gasteiger partial charge in [0.15, 0.2) is 0 Å². The SMILES string of the molecule is COCCNC(=O)C(C#N)=Cc1ccc(CNS(=O)(=O)c2ccc(Br)cc2)o1. The highest BCUT2D eigenvalue weighted by Crippen LogP contribution is 2.16. The van der Waals surface area contributed by atoms with Crippen LogP contribution in [0.25, 0.3) is 6.08 Å². The standard InChI is InChI=1S/C18H18BrN3O5S/c1-26-9-8-21-18(23)13(11-20)10-15-4-5-16(27-15)12-22-28(24,25)17-6-2-14(19)3-7-17/h2-7,10,22H,8-9,12H2,1H3,(H,21,23). The molecule has 1 aromatic carbocycles. The molecule has 0 aliphatic heterocycles. The van der Waals surface area contributed by atoms with Crippen molar-refractivity contribution in [1.82, 2.24) is 10.0 Å². The second kappa shape index (κ2) is 10.2. The Kier molecular flexibility index (Phi) is 7.95. The van der Waals surface area contributed by atoms with Crippen molar-refractivity contribution in [3.8, 4) is 6.07 Å². The molecule has 0 saturated heterocycles. The van der Waals surface area contributed by atoms with Crippen molar-refractivity contribution < 1.29 is 22.4 Å². The molecule has 2 N–H and O–H groups in total. The van der Waals surface area contributed by atoms with Crippen LogP contribution in [0, 0.1) is 11.3 Å². The minimum atomic E-state index is -3.69. The summed E-state index contributed by atoms with van der Waals surface area (Å²) in [7, 11) is -2.19. The number of ether oxygens (including phenoxy) is 1. The molecule has 1 amide bonds. The van der Waals surface area contributed by atoms with Gasteiger partial charge in [-0.3, -0.25) is 4.79 Å². The summed E-state index contributed by atoms with van der Waals surface area (Å²) < 4.78 is 38.1. The zero-order chi connectivity index (χ0) is 20.6. The van der Waals surface area contributed by atoms with E-state index in [1.54, 1.807) is 30.3 Å². The van der Waals surface area contributed by atoms with E-state index in [4.69, 9.17) is 14.4 Å². The predicted molar refractivity (Wildman–Crippen MR) is 105 cm³/mol. The highest BCUT2D eigenvalue weighted by molar-refractivity contribution is 9.10. The van der Waals surface area contributed by atoms with Gasteiger partial charge in [0.25, 0.3) is 5.91 Å². The van der Waals surface area contributed by atoms with Gasteiger partial charge >= 0.3 is 0 Å². The van der Waals surface area contributed by atoms with Gasteiger partial charge in [-0.15, -0.1) is 0 Å². The number of nitriles is 1. The minimum Gasteiger partial charge on any atom is -0.460 e. The van der Waals surface area contributed by atoms with Crippen molar-refractivity contribution in [3.05, 3.63) is 58.0 Å². The summed E-state index contributed by atoms with van der Waals surface area (Å²) in [6.07, 6.45) is 1.29. The van der Waals surface area contributed by atoms with Crippen molar-refractivity contribution in [2.75, 3.05) is 20.3 Å². The summed E-state index contributed by atoms with van der Waals surface area (Å²) in [5, 5.41) is 11.7. The lowest BCUT2D eigenvalue weighted by Crippen LogP contribution is -2.27. The van der Waals surface area contributed by atoms with Gasteiger partial charge in [0, 0.05) is 24.2 Å². The Balaban J connectivity index is 2.02. The number of benzene rings is 1. The van der Waals surface area contributed by atoms with Crippen LogP contribution in [0.4, 0.5) is 0 Å². The fraction of sp³-hybridized carbons (Fsp3) is 0.222. The molecule has 0 unspecified atom stereocenters. The third kappa shape index (κ3) is 6.31. The van der Waals surface area contributed by atoms with E-state index < -0.39 is 15.9 Å². The number of amides is 1. The monoisotopic (exact) mass is 467 g/mol. The van der Waals surface area contributed by atoms with Gasteiger partial charge < -0.3 is 14.5 Å². The highest BCUT2D eigenvalue weighted by Gasteiger charge is 2.15. The molecule has 0 spiro atoms. The second-order valence-electron chi connectivity index (χ2n) is 5.50. The normalized spacial score (nSPS) is 11.8. The number of hydrogen-bond acceptors (Lipinski definition) is 6. The number of halogens is 1. The number of hydrogen-bond donors (Lipinski definition) is 2. The smallest absolute Gasteiger partial charge is 0.262 e. The zero-order valence-corrected chi connectivity index (χ0v) is 17.3. The van der Waals surface area contributed by atoms with E-state index in [9.17, 15) is 13.2 Å². The number of sulfonamides is 1. The van der Waals surface area contributed by atoms with Crippen molar-refractivity contribution in [2.24, 2.45) is 0 Å². The van der Waals surface area contributed by atoms with Crippen molar-refractivity contribution in [2.45, 2.75) is 11.4 Å². The van der Waals surface area contributed by atoms with Crippen molar-refractivity contribution in [3.63, 3.8) is 0 Å². The molecule has 0 saturated carbocycles. The summed E-state index contributed by atoms with van der Waals surface area (Å²) in [6.45, 7) is 0.525. The minimum absolute atomic E-state index is 0.0752. The Bertz CT molecular complexity index is 991. The molecule has 10 heteroatoms. The molecule has 0 atom stereocenters. The number of carbonyl (C=O) groups is 1. The van der Waals surface area contributed by atoms with Crippen LogP contribution in [0.1, 0.15) is 11.5 Å². The van der Waals surface area contributed by atoms with Gasteiger partial charge in [-0.05, 0) is 36.4 Å². The maximum absolute atomic E-state index is 12.3. The molecule has 1 aromatic heterocycles. The number of nitrogens with zero attached hydrogens (tertiary/aromatic N) is 1. The van der Waals surface area contributed by atoms with Gasteiger partial charge in [-0.25, -0.2) is 13.1 Å². The van der Waals surface area contributed by atoms with Crippen LogP contribution in [-0.4, -0.2) is 34.6 Å². The molecule has 0 radical (unpaired) electrons. The van der Waals surface area contributed by atoms with Gasteiger partial charge in [-0.1, -0.05) is 15.9 Å². The summed E-state index contributed by atoms with van der Waals surface area (Å²) in [5.41, 5.74) is -0.132. The van der Waals surface area contributed by atoms with E-state index in [0.717, 1.165) is 4.47 Å². The van der Waals surface area contributed by atoms with E-state index in [-0.39, 0.29) is 29.3 Å². The summed E-state index contributed by atoms with van der Waals surface area (Å²) in [6, 6.07) is 11.1. The summed E-state index contributed by atoms with van der Waals surface area (Å²) in [4.78, 5) is 12.0. The molecule has 2 aromatic rings. The fourth-order valence-electron chi connectivity index (χ4n) is 2.08. The summed E-state index contributed by atoms with van der Waals surface area (Å²) >= 11 is 3.25. The van der Waals surface area contributed by atoms with Gasteiger partial charge in [0.2, 0.25) is 10.0 Å². The number of carbonyl (C=O) groups excluding carboxylic acids is 1. The zero-order valence-electron chi connectivity index (χ0n) is 14.9. The molecular weight excluding hydrogens is 450 g/mol. The number of rotatable bonds is 9. The fourth-order valence-corrected chi connectivity index (χ4v) is 3.34. The lowest BCUT2D eigenvalue weighted by molar-refractivity contribution is -0.117. The highest BCUT2D eigenvalue weighted by atomic mass is 79.9. The van der Waals surface area contributed by atoms with Crippen molar-refractivity contribution >= 4 is 37.9 Å². The lowest BCUT2D eigenvalue weighted by Gasteiger charge is -2.05. The van der Waals surface area contributed by atoms with E-state index in [1.807, 2.05) is 0 Å². The van der Waals surface area contributed by atoms with Crippen LogP contribution >= 0.6 is 15.9 Å². The first-order valence-corrected chi connectivity index (χ1v) is 10.4. The van der Waals surface area contributed by atoms with E-state index in [2.05, 4.69) is 26.0 Å². The topological polar surface area (TPSA) is 121 Å². The first-order valence-electron chi connectivity index (χ1n) is 8.08. The Hall–Kier alpha value is -2.45.